The maximum Gasteiger partial charge on any atom is 0.342 e. The van der Waals surface area contributed by atoms with Crippen LogP contribution in [0.3, 0.4) is 0 Å². The van der Waals surface area contributed by atoms with Gasteiger partial charge in [-0.15, -0.1) is 0 Å². The van der Waals surface area contributed by atoms with Gasteiger partial charge in [-0.3, -0.25) is 0 Å². The monoisotopic (exact) mass is 443 g/mol. The second-order valence-electron chi connectivity index (χ2n) is 4.13. The molecule has 22 heavy (non-hydrogen) atoms. The molecular weight excluding hydrogens is 438 g/mol. The fourth-order valence-electron chi connectivity index (χ4n) is 1.69. The van der Waals surface area contributed by atoms with E-state index in [4.69, 9.17) is 8.83 Å². The van der Waals surface area contributed by atoms with Crippen molar-refractivity contribution >= 4 is 66.8 Å². The summed E-state index contributed by atoms with van der Waals surface area (Å²) in [6.45, 7) is 0. The lowest BCUT2D eigenvalue weighted by Gasteiger charge is -1.96. The number of hydrogen-bond acceptors (Lipinski definition) is 5. The Balaban J connectivity index is 1.92. The van der Waals surface area contributed by atoms with Gasteiger partial charge in [0.2, 0.25) is 0 Å². The summed E-state index contributed by atoms with van der Waals surface area (Å²) < 4.78 is 12.1. The molecule has 0 saturated carbocycles. The third kappa shape index (κ3) is 3.29. The number of benzene rings is 1. The van der Waals surface area contributed by atoms with Crippen LogP contribution in [0.1, 0.15) is 5.76 Å². The van der Waals surface area contributed by atoms with Crippen molar-refractivity contribution in [2.75, 3.05) is 0 Å². The fourth-order valence-corrected chi connectivity index (χ4v) is 3.02. The van der Waals surface area contributed by atoms with Gasteiger partial charge in [-0.25, -0.2) is 9.78 Å². The van der Waals surface area contributed by atoms with Crippen LogP contribution in [0.15, 0.2) is 58.4 Å². The number of oxazole rings is 1. The van der Waals surface area contributed by atoms with Crippen molar-refractivity contribution < 1.29 is 18.7 Å². The molecule has 2 aromatic heterocycles. The second kappa shape index (κ2) is 6.31. The van der Waals surface area contributed by atoms with Crippen LogP contribution < -0.4 is 0 Å². The Labute approximate surface area is 145 Å². The molecule has 0 unspecified atom stereocenters. The lowest BCUT2D eigenvalue weighted by atomic mass is 10.3. The highest BCUT2D eigenvalue weighted by atomic mass is 79.9. The number of carboxylic acid groups (broad SMARTS) is 1. The molecule has 1 N–H and O–H groups in total. The topological polar surface area (TPSA) is 76.5 Å². The predicted octanol–water partition coefficient (Wildman–Crippen LogP) is 5.16. The maximum atomic E-state index is 11.4. The highest BCUT2D eigenvalue weighted by Gasteiger charge is 2.16. The van der Waals surface area contributed by atoms with E-state index >= 15 is 0 Å². The molecule has 0 saturated heterocycles. The summed E-state index contributed by atoms with van der Waals surface area (Å²) in [7, 11) is 0. The van der Waals surface area contributed by atoms with Crippen molar-refractivity contribution in [2.24, 2.45) is 0 Å². The van der Waals surface area contributed by atoms with Gasteiger partial charge in [0.1, 0.15) is 16.2 Å². The molecule has 5 nitrogen and oxygen atoms in total. The molecular formula is C14H7Br2NO4S. The van der Waals surface area contributed by atoms with E-state index in [0.717, 1.165) is 11.8 Å². The van der Waals surface area contributed by atoms with Crippen LogP contribution in [0.2, 0.25) is 0 Å². The molecule has 0 radical (unpaired) electrons. The number of carboxylic acids is 1. The first-order valence-corrected chi connectivity index (χ1v) is 8.36. The molecule has 0 aliphatic heterocycles. The molecule has 0 amide bonds. The van der Waals surface area contributed by atoms with Crippen LogP contribution in [-0.2, 0) is 4.79 Å². The summed E-state index contributed by atoms with van der Waals surface area (Å²) >= 11 is 7.41. The largest absolute Gasteiger partial charge is 0.477 e. The number of hydrogen-bond donors (Lipinski definition) is 1. The minimum atomic E-state index is -1.09. The SMILES string of the molecule is O=C(O)/C(=C/c1cc(Br)c(Br)o1)Sc1nc2ccccc2o1. The number of aliphatic carboxylic acids is 1. The molecule has 0 aliphatic rings. The Morgan fingerprint density at radius 1 is 1.27 bits per heavy atom. The van der Waals surface area contributed by atoms with E-state index in [1.165, 1.54) is 6.08 Å². The smallest absolute Gasteiger partial charge is 0.342 e. The standard InChI is InChI=1S/C14H7Br2NO4S/c15-8-5-7(20-12(8)16)6-11(13(18)19)22-14-17-9-3-1-2-4-10(9)21-14/h1-6H,(H,18,19)/b11-6-. The van der Waals surface area contributed by atoms with E-state index in [-0.39, 0.29) is 10.1 Å². The number of para-hydroxylation sites is 2. The zero-order valence-corrected chi connectivity index (χ0v) is 14.7. The maximum absolute atomic E-state index is 11.4. The zero-order chi connectivity index (χ0) is 15.7. The number of halogens is 2. The van der Waals surface area contributed by atoms with Gasteiger partial charge in [0.05, 0.1) is 4.47 Å². The average molecular weight is 445 g/mol. The zero-order valence-electron chi connectivity index (χ0n) is 10.7. The highest BCUT2D eigenvalue weighted by molar-refractivity contribution is 9.13. The summed E-state index contributed by atoms with van der Waals surface area (Å²) in [5.74, 6) is -0.685. The van der Waals surface area contributed by atoms with Crippen LogP contribution >= 0.6 is 43.6 Å². The second-order valence-corrected chi connectivity index (χ2v) is 6.70. The summed E-state index contributed by atoms with van der Waals surface area (Å²) in [6.07, 6.45) is 1.41. The molecule has 0 fully saturated rings. The van der Waals surface area contributed by atoms with Crippen LogP contribution in [-0.4, -0.2) is 16.1 Å². The molecule has 0 atom stereocenters. The van der Waals surface area contributed by atoms with Crippen molar-refractivity contribution in [3.05, 3.63) is 50.1 Å². The minimum Gasteiger partial charge on any atom is -0.477 e. The lowest BCUT2D eigenvalue weighted by molar-refractivity contribution is -0.131. The Kier molecular flexibility index (Phi) is 4.42. The number of fused-ring (bicyclic) bond motifs is 1. The Hall–Kier alpha value is -1.51. The summed E-state index contributed by atoms with van der Waals surface area (Å²) in [4.78, 5) is 15.7. The van der Waals surface area contributed by atoms with Gasteiger partial charge in [0.15, 0.2) is 10.3 Å². The molecule has 1 aromatic carbocycles. The van der Waals surface area contributed by atoms with Crippen LogP contribution in [0.25, 0.3) is 17.2 Å². The van der Waals surface area contributed by atoms with Crippen LogP contribution in [0.4, 0.5) is 0 Å². The third-order valence-electron chi connectivity index (χ3n) is 2.62. The van der Waals surface area contributed by atoms with Crippen molar-refractivity contribution in [3.8, 4) is 0 Å². The van der Waals surface area contributed by atoms with Crippen LogP contribution in [0, 0.1) is 0 Å². The highest BCUT2D eigenvalue weighted by Crippen LogP contribution is 2.33. The first-order chi connectivity index (χ1) is 10.5. The third-order valence-corrected chi connectivity index (χ3v) is 5.19. The van der Waals surface area contributed by atoms with Gasteiger partial charge >= 0.3 is 5.97 Å². The molecule has 8 heteroatoms. The normalized spacial score (nSPS) is 12.0. The van der Waals surface area contributed by atoms with Crippen molar-refractivity contribution in [2.45, 2.75) is 5.22 Å². The van der Waals surface area contributed by atoms with Gasteiger partial charge < -0.3 is 13.9 Å². The quantitative estimate of drug-likeness (QED) is 0.442. The van der Waals surface area contributed by atoms with E-state index in [2.05, 4.69) is 36.8 Å². The number of rotatable bonds is 4. The Morgan fingerprint density at radius 2 is 2.05 bits per heavy atom. The number of aromatic nitrogens is 1. The van der Waals surface area contributed by atoms with Gasteiger partial charge in [-0.1, -0.05) is 12.1 Å². The molecule has 2 heterocycles. The Bertz CT molecular complexity index is 831. The van der Waals surface area contributed by atoms with E-state index in [1.807, 2.05) is 12.1 Å². The summed E-state index contributed by atoms with van der Waals surface area (Å²) in [5.41, 5.74) is 1.29. The number of nitrogens with zero attached hydrogens (tertiary/aromatic N) is 1. The van der Waals surface area contributed by atoms with E-state index in [0.29, 0.717) is 26.0 Å². The molecule has 3 aromatic rings. The molecule has 112 valence electrons. The molecule has 3 rings (SSSR count). The van der Waals surface area contributed by atoms with Gasteiger partial charge in [-0.05, 0) is 61.8 Å². The van der Waals surface area contributed by atoms with E-state index in [1.54, 1.807) is 18.2 Å². The molecule has 0 aliphatic carbocycles. The van der Waals surface area contributed by atoms with Crippen molar-refractivity contribution in [3.63, 3.8) is 0 Å². The van der Waals surface area contributed by atoms with Gasteiger partial charge in [0, 0.05) is 6.08 Å². The number of thioether (sulfide) groups is 1. The summed E-state index contributed by atoms with van der Waals surface area (Å²) in [6, 6.07) is 8.91. The number of furan rings is 1. The predicted molar refractivity (Wildman–Crippen MR) is 89.6 cm³/mol. The fraction of sp³-hybridized carbons (Fsp3) is 0. The van der Waals surface area contributed by atoms with Crippen molar-refractivity contribution in [1.82, 2.24) is 4.98 Å². The van der Waals surface area contributed by atoms with E-state index in [9.17, 15) is 9.90 Å². The average Bonchev–Trinajstić information content (AvgIpc) is 3.01. The first kappa shape index (κ1) is 15.4. The molecule has 0 spiro atoms. The van der Waals surface area contributed by atoms with Gasteiger partial charge in [0.25, 0.3) is 5.22 Å². The first-order valence-electron chi connectivity index (χ1n) is 5.96. The lowest BCUT2D eigenvalue weighted by Crippen LogP contribution is -1.96. The van der Waals surface area contributed by atoms with E-state index < -0.39 is 5.97 Å². The van der Waals surface area contributed by atoms with Gasteiger partial charge in [-0.2, -0.15) is 0 Å². The van der Waals surface area contributed by atoms with Crippen molar-refractivity contribution in [1.29, 1.82) is 0 Å². The minimum absolute atomic E-state index is 0.0420. The molecule has 0 bridgehead atoms. The summed E-state index contributed by atoms with van der Waals surface area (Å²) in [5, 5.41) is 9.59. The number of carbonyl (C=O) groups is 1. The van der Waals surface area contributed by atoms with Crippen LogP contribution in [0.5, 0.6) is 0 Å². The Morgan fingerprint density at radius 3 is 2.68 bits per heavy atom.